The summed E-state index contributed by atoms with van der Waals surface area (Å²) in [6.07, 6.45) is 7.56. The SMILES string of the molecule is CC1=C([C@H](C)S)[C@@H]2/C=C3/[N-][C@H](/C=c4\[n-]/c(c(CCC(=O)O)c4C)=C\[C@@]4(O)[N-]C(=C(C)C4CCC(=O)O)/C=C/1[N-]2)C([C@H](C)S)=C3C.[Fe+4]. The Hall–Kier alpha value is -2.76. The molecular formula is C34H40FeN4O5S2. The molecule has 8 bridgehead atoms. The summed E-state index contributed by atoms with van der Waals surface area (Å²) in [6, 6.07) is -0.647. The predicted molar refractivity (Wildman–Crippen MR) is 183 cm³/mol. The van der Waals surface area contributed by atoms with E-state index >= 15 is 0 Å². The number of rotatable bonds is 8. The molecular weight excluding hydrogens is 664 g/mol. The normalized spacial score (nSPS) is 30.3. The summed E-state index contributed by atoms with van der Waals surface area (Å²) in [6.45, 7) is 11.8. The standard InChI is InChI=1S/C34H40N4O5S2.Fe/c1-15-21(7-9-30(39)40)29-14-34(43)22(8-10-31(41)42)16(2)26(38-34)11-24-17(3)32(19(5)44)28(35-24)13-25-18(4)33(20(6)45)27(36-25)12-23(15)37-29;/h11-14,19-20,22,27-28,43-45H,7-10H2,1-6H3,(H,39,40)(H,41,42);/q-4;+4/b23-12-,24-11-,25-13+,29-14-;/t19-,20-,22?,27+,28-,34-;/m0./s1. The smallest absolute Gasteiger partial charge is 0.675 e. The zero-order valence-electron chi connectivity index (χ0n) is 26.7. The van der Waals surface area contributed by atoms with Gasteiger partial charge in [0.15, 0.2) is 0 Å². The summed E-state index contributed by atoms with van der Waals surface area (Å²) < 4.78 is 0. The van der Waals surface area contributed by atoms with Crippen LogP contribution >= 0.6 is 25.3 Å². The molecule has 0 spiro atoms. The van der Waals surface area contributed by atoms with Crippen LogP contribution in [-0.4, -0.2) is 55.6 Å². The number of hydrogen-bond donors (Lipinski definition) is 5. The van der Waals surface area contributed by atoms with Gasteiger partial charge in [0.25, 0.3) is 0 Å². The van der Waals surface area contributed by atoms with Crippen LogP contribution in [0.25, 0.3) is 28.1 Å². The molecule has 1 aromatic rings. The summed E-state index contributed by atoms with van der Waals surface area (Å²) >= 11 is 9.60. The number of nitrogens with zero attached hydrogens (tertiary/aromatic N) is 4. The van der Waals surface area contributed by atoms with Gasteiger partial charge in [-0.05, 0) is 60.3 Å². The minimum atomic E-state index is -1.80. The van der Waals surface area contributed by atoms with Gasteiger partial charge in [-0.3, -0.25) is 9.59 Å². The molecule has 5 rings (SSSR count). The molecule has 0 fully saturated rings. The molecule has 5 heterocycles. The van der Waals surface area contributed by atoms with E-state index in [0.29, 0.717) is 22.0 Å². The molecule has 1 unspecified atom stereocenters. The Morgan fingerprint density at radius 1 is 0.891 bits per heavy atom. The number of carboxylic acid groups (broad SMARTS) is 2. The molecule has 1 aromatic heterocycles. The number of carbonyl (C=O) groups is 2. The number of allylic oxidation sites excluding steroid dienone is 3. The summed E-state index contributed by atoms with van der Waals surface area (Å²) in [5, 5.41) is 47.1. The molecule has 0 radical (unpaired) electrons. The Labute approximate surface area is 291 Å². The Balaban J connectivity index is 0.00000480. The van der Waals surface area contributed by atoms with Crippen LogP contribution in [0.2, 0.25) is 0 Å². The summed E-state index contributed by atoms with van der Waals surface area (Å²) in [7, 11) is 0. The van der Waals surface area contributed by atoms with Crippen LogP contribution in [0.5, 0.6) is 0 Å². The van der Waals surface area contributed by atoms with Crippen molar-refractivity contribution in [3.05, 3.63) is 94.9 Å². The van der Waals surface area contributed by atoms with Crippen LogP contribution in [0.4, 0.5) is 0 Å². The van der Waals surface area contributed by atoms with Crippen molar-refractivity contribution in [2.75, 3.05) is 0 Å². The molecule has 9 nitrogen and oxygen atoms in total. The first-order valence-electron chi connectivity index (χ1n) is 15.2. The topological polar surface area (TPSA) is 151 Å². The molecule has 0 amide bonds. The molecule has 0 aliphatic carbocycles. The van der Waals surface area contributed by atoms with E-state index in [1.54, 1.807) is 6.08 Å². The van der Waals surface area contributed by atoms with E-state index in [1.165, 1.54) is 0 Å². The van der Waals surface area contributed by atoms with E-state index in [-0.39, 0.29) is 65.3 Å². The van der Waals surface area contributed by atoms with Gasteiger partial charge < -0.3 is 36.3 Å². The van der Waals surface area contributed by atoms with Crippen molar-refractivity contribution in [1.29, 1.82) is 0 Å². The van der Waals surface area contributed by atoms with Crippen molar-refractivity contribution in [2.24, 2.45) is 5.92 Å². The Morgan fingerprint density at radius 2 is 1.46 bits per heavy atom. The maximum atomic E-state index is 12.2. The van der Waals surface area contributed by atoms with E-state index in [9.17, 15) is 24.9 Å². The first kappa shape index (κ1) is 36.1. The number of aliphatic carboxylic acids is 2. The van der Waals surface area contributed by atoms with Crippen molar-refractivity contribution in [2.45, 2.75) is 95.5 Å². The molecule has 0 aromatic carbocycles. The van der Waals surface area contributed by atoms with Crippen LogP contribution in [0.3, 0.4) is 0 Å². The van der Waals surface area contributed by atoms with Gasteiger partial charge in [-0.2, -0.15) is 25.3 Å². The molecule has 6 atom stereocenters. The second-order valence-electron chi connectivity index (χ2n) is 12.4. The fourth-order valence-corrected chi connectivity index (χ4v) is 7.67. The van der Waals surface area contributed by atoms with Gasteiger partial charge in [-0.25, -0.2) is 0 Å². The van der Waals surface area contributed by atoms with Gasteiger partial charge in [-0.1, -0.05) is 63.2 Å². The second kappa shape index (κ2) is 13.8. The minimum absolute atomic E-state index is 0. The van der Waals surface area contributed by atoms with Crippen molar-refractivity contribution in [3.63, 3.8) is 0 Å². The van der Waals surface area contributed by atoms with Gasteiger partial charge in [0.05, 0.1) is 0 Å². The number of hydrogen-bond acceptors (Lipinski definition) is 5. The van der Waals surface area contributed by atoms with Crippen LogP contribution in [0, 0.1) is 12.8 Å². The monoisotopic (exact) mass is 704 g/mol. The molecule has 46 heavy (non-hydrogen) atoms. The number of carboxylic acids is 2. The van der Waals surface area contributed by atoms with Crippen LogP contribution in [-0.2, 0) is 33.1 Å². The molecule has 246 valence electrons. The van der Waals surface area contributed by atoms with E-state index < -0.39 is 23.6 Å². The van der Waals surface area contributed by atoms with E-state index in [1.807, 2.05) is 53.7 Å². The predicted octanol–water partition coefficient (Wildman–Crippen LogP) is 4.92. The molecule has 0 saturated carbocycles. The first-order chi connectivity index (χ1) is 21.1. The van der Waals surface area contributed by atoms with Gasteiger partial charge in [0.2, 0.25) is 0 Å². The second-order valence-corrected chi connectivity index (χ2v) is 13.9. The van der Waals surface area contributed by atoms with Gasteiger partial charge in [0.1, 0.15) is 0 Å². The van der Waals surface area contributed by atoms with Crippen molar-refractivity contribution in [1.82, 2.24) is 4.98 Å². The molecule has 3 N–H and O–H groups in total. The van der Waals surface area contributed by atoms with Gasteiger partial charge in [0, 0.05) is 29.1 Å². The summed E-state index contributed by atoms with van der Waals surface area (Å²) in [4.78, 5) is 28.1. The maximum absolute atomic E-state index is 12.2. The fourth-order valence-electron chi connectivity index (χ4n) is 6.98. The van der Waals surface area contributed by atoms with E-state index in [2.05, 4.69) is 6.08 Å². The third kappa shape index (κ3) is 6.78. The third-order valence-electron chi connectivity index (χ3n) is 9.34. The Kier molecular flexibility index (Phi) is 10.8. The molecule has 4 aliphatic rings. The van der Waals surface area contributed by atoms with Crippen LogP contribution < -0.4 is 15.7 Å². The largest absolute Gasteiger partial charge is 4.00 e. The maximum Gasteiger partial charge on any atom is 4.00 e. The quantitative estimate of drug-likeness (QED) is 0.192. The fraction of sp³-hybridized carbons (Fsp3) is 0.471. The van der Waals surface area contributed by atoms with Crippen LogP contribution in [0.15, 0.2) is 57.1 Å². The first-order valence-corrected chi connectivity index (χ1v) is 16.2. The summed E-state index contributed by atoms with van der Waals surface area (Å²) in [5.41, 5.74) is 6.65. The van der Waals surface area contributed by atoms with Gasteiger partial charge in [-0.15, -0.1) is 39.9 Å². The zero-order valence-corrected chi connectivity index (χ0v) is 29.6. The van der Waals surface area contributed by atoms with Crippen molar-refractivity contribution < 1.29 is 42.0 Å². The zero-order chi connectivity index (χ0) is 33.0. The number of aromatic nitrogens is 1. The molecule has 0 saturated heterocycles. The van der Waals surface area contributed by atoms with Crippen molar-refractivity contribution in [3.8, 4) is 0 Å². The Bertz CT molecular complexity index is 1730. The molecule has 12 heteroatoms. The number of aliphatic hydroxyl groups is 1. The van der Waals surface area contributed by atoms with E-state index in [4.69, 9.17) is 46.2 Å². The average molecular weight is 705 g/mol. The number of thiol groups is 2. The molecule has 4 aliphatic heterocycles. The number of fused-ring (bicyclic) bond motifs is 8. The Morgan fingerprint density at radius 3 is 2.04 bits per heavy atom. The van der Waals surface area contributed by atoms with E-state index in [0.717, 1.165) is 44.8 Å². The third-order valence-corrected chi connectivity index (χ3v) is 9.90. The van der Waals surface area contributed by atoms with Crippen molar-refractivity contribution >= 4 is 49.3 Å². The van der Waals surface area contributed by atoms with Crippen LogP contribution in [0.1, 0.15) is 65.0 Å². The minimum Gasteiger partial charge on any atom is -0.675 e. The summed E-state index contributed by atoms with van der Waals surface area (Å²) in [5.74, 6) is -2.54. The average Bonchev–Trinajstić information content (AvgIpc) is 3.58. The van der Waals surface area contributed by atoms with Gasteiger partial charge >= 0.3 is 29.0 Å².